The predicted octanol–water partition coefficient (Wildman–Crippen LogP) is 2.20. The molecule has 1 unspecified atom stereocenters. The molecule has 0 radical (unpaired) electrons. The maximum absolute atomic E-state index is 12.0. The zero-order valence-corrected chi connectivity index (χ0v) is 13.3. The fourth-order valence-corrected chi connectivity index (χ4v) is 2.27. The summed E-state index contributed by atoms with van der Waals surface area (Å²) in [6, 6.07) is 9.37. The molecule has 4 nitrogen and oxygen atoms in total. The number of carbonyl (C=O) groups excluding carboxylic acids is 1. The SMILES string of the molecule is Cc1ccc(C[NH+](C)CC(=O)Nc2ccc(C)c(Cl)c2)o1. The van der Waals surface area contributed by atoms with Crippen LogP contribution in [0.15, 0.2) is 34.7 Å². The van der Waals surface area contributed by atoms with Crippen LogP contribution in [-0.4, -0.2) is 19.5 Å². The van der Waals surface area contributed by atoms with Crippen molar-refractivity contribution in [2.45, 2.75) is 20.4 Å². The lowest BCUT2D eigenvalue weighted by Gasteiger charge is -2.13. The Morgan fingerprint density at radius 2 is 2.05 bits per heavy atom. The van der Waals surface area contributed by atoms with Gasteiger partial charge in [0, 0.05) is 10.7 Å². The van der Waals surface area contributed by atoms with Crippen LogP contribution in [0.1, 0.15) is 17.1 Å². The van der Waals surface area contributed by atoms with E-state index in [0.717, 1.165) is 27.7 Å². The van der Waals surface area contributed by atoms with Crippen LogP contribution in [0.4, 0.5) is 5.69 Å². The number of nitrogens with one attached hydrogen (secondary N) is 2. The van der Waals surface area contributed by atoms with E-state index in [0.29, 0.717) is 18.1 Å². The number of aryl methyl sites for hydroxylation is 2. The van der Waals surface area contributed by atoms with Gasteiger partial charge in [-0.25, -0.2) is 0 Å². The molecule has 2 aromatic rings. The monoisotopic (exact) mass is 307 g/mol. The van der Waals surface area contributed by atoms with Gasteiger partial charge in [0.2, 0.25) is 0 Å². The van der Waals surface area contributed by atoms with E-state index in [2.05, 4.69) is 5.32 Å². The number of halogens is 1. The second-order valence-electron chi connectivity index (χ2n) is 5.34. The van der Waals surface area contributed by atoms with Crippen LogP contribution in [-0.2, 0) is 11.3 Å². The Bertz CT molecular complexity index is 637. The van der Waals surface area contributed by atoms with Gasteiger partial charge in [-0.05, 0) is 43.7 Å². The molecule has 5 heteroatoms. The molecule has 0 aliphatic rings. The summed E-state index contributed by atoms with van der Waals surface area (Å²) in [6.07, 6.45) is 0. The van der Waals surface area contributed by atoms with Crippen molar-refractivity contribution in [1.29, 1.82) is 0 Å². The molecule has 0 aliphatic heterocycles. The van der Waals surface area contributed by atoms with E-state index in [1.165, 1.54) is 0 Å². The molecule has 0 fully saturated rings. The summed E-state index contributed by atoms with van der Waals surface area (Å²) in [5.41, 5.74) is 1.71. The number of benzene rings is 1. The number of likely N-dealkylation sites (N-methyl/N-ethyl adjacent to an activating group) is 1. The average molecular weight is 308 g/mol. The van der Waals surface area contributed by atoms with Crippen molar-refractivity contribution in [3.63, 3.8) is 0 Å². The molecule has 1 aromatic heterocycles. The summed E-state index contributed by atoms with van der Waals surface area (Å²) < 4.78 is 5.51. The fourth-order valence-electron chi connectivity index (χ4n) is 2.09. The summed E-state index contributed by atoms with van der Waals surface area (Å²) in [4.78, 5) is 13.1. The van der Waals surface area contributed by atoms with Crippen molar-refractivity contribution in [3.05, 3.63) is 52.4 Å². The van der Waals surface area contributed by atoms with E-state index >= 15 is 0 Å². The fraction of sp³-hybridized carbons (Fsp3) is 0.312. The number of rotatable bonds is 5. The van der Waals surface area contributed by atoms with E-state index in [4.69, 9.17) is 16.0 Å². The van der Waals surface area contributed by atoms with Gasteiger partial charge < -0.3 is 14.6 Å². The Kier molecular flexibility index (Phi) is 5.04. The van der Waals surface area contributed by atoms with Crippen molar-refractivity contribution in [3.8, 4) is 0 Å². The Morgan fingerprint density at radius 3 is 2.67 bits per heavy atom. The molecule has 0 bridgehead atoms. The smallest absolute Gasteiger partial charge is 0.279 e. The van der Waals surface area contributed by atoms with Gasteiger partial charge in [-0.1, -0.05) is 17.7 Å². The first kappa shape index (κ1) is 15.6. The first-order valence-corrected chi connectivity index (χ1v) is 7.24. The summed E-state index contributed by atoms with van der Waals surface area (Å²) in [7, 11) is 1.96. The third kappa shape index (κ3) is 4.62. The number of hydrogen-bond donors (Lipinski definition) is 2. The number of hydrogen-bond acceptors (Lipinski definition) is 2. The topological polar surface area (TPSA) is 46.7 Å². The van der Waals surface area contributed by atoms with E-state index in [-0.39, 0.29) is 5.91 Å². The van der Waals surface area contributed by atoms with Crippen molar-refractivity contribution >= 4 is 23.2 Å². The highest BCUT2D eigenvalue weighted by molar-refractivity contribution is 6.31. The molecule has 2 N–H and O–H groups in total. The Hall–Kier alpha value is -1.78. The molecular formula is C16H20ClN2O2+. The number of furan rings is 1. The molecule has 0 spiro atoms. The molecule has 1 atom stereocenters. The summed E-state index contributed by atoms with van der Waals surface area (Å²) in [5, 5.41) is 3.51. The third-order valence-corrected chi connectivity index (χ3v) is 3.60. The highest BCUT2D eigenvalue weighted by Gasteiger charge is 2.13. The first-order valence-electron chi connectivity index (χ1n) is 6.86. The first-order chi connectivity index (χ1) is 9.94. The van der Waals surface area contributed by atoms with Crippen LogP contribution in [0.2, 0.25) is 5.02 Å². The largest absolute Gasteiger partial charge is 0.460 e. The molecule has 0 saturated carbocycles. The van der Waals surface area contributed by atoms with Gasteiger partial charge in [0.05, 0.1) is 7.05 Å². The number of quaternary nitrogens is 1. The predicted molar refractivity (Wildman–Crippen MR) is 83.7 cm³/mol. The second kappa shape index (κ2) is 6.78. The van der Waals surface area contributed by atoms with Crippen molar-refractivity contribution in [1.82, 2.24) is 0 Å². The van der Waals surface area contributed by atoms with Gasteiger partial charge in [-0.15, -0.1) is 0 Å². The summed E-state index contributed by atoms with van der Waals surface area (Å²) in [6.45, 7) is 4.88. The normalized spacial score (nSPS) is 12.2. The standard InChI is InChI=1S/C16H19ClN2O2/c1-11-4-6-13(8-15(11)17)18-16(20)10-19(3)9-14-7-5-12(2)21-14/h4-8H,9-10H2,1-3H3,(H,18,20)/p+1. The molecule has 0 saturated heterocycles. The van der Waals surface area contributed by atoms with Crippen molar-refractivity contribution in [2.75, 3.05) is 18.9 Å². The lowest BCUT2D eigenvalue weighted by Crippen LogP contribution is -3.08. The lowest BCUT2D eigenvalue weighted by atomic mass is 10.2. The average Bonchev–Trinajstić information content (AvgIpc) is 2.79. The molecule has 2 rings (SSSR count). The van der Waals surface area contributed by atoms with Crippen LogP contribution in [0.5, 0.6) is 0 Å². The van der Waals surface area contributed by atoms with E-state index in [9.17, 15) is 4.79 Å². The molecule has 1 amide bonds. The minimum Gasteiger partial charge on any atom is -0.460 e. The highest BCUT2D eigenvalue weighted by atomic mass is 35.5. The van der Waals surface area contributed by atoms with Crippen LogP contribution >= 0.6 is 11.6 Å². The number of anilines is 1. The minimum absolute atomic E-state index is 0.0457. The lowest BCUT2D eigenvalue weighted by molar-refractivity contribution is -0.886. The Balaban J connectivity index is 1.87. The zero-order valence-electron chi connectivity index (χ0n) is 12.5. The Labute approximate surface area is 129 Å². The molecule has 1 heterocycles. The van der Waals surface area contributed by atoms with Crippen LogP contribution in [0, 0.1) is 13.8 Å². The number of carbonyl (C=O) groups is 1. The van der Waals surface area contributed by atoms with Crippen molar-refractivity contribution < 1.29 is 14.1 Å². The van der Waals surface area contributed by atoms with Gasteiger partial charge in [-0.2, -0.15) is 0 Å². The maximum atomic E-state index is 12.0. The van der Waals surface area contributed by atoms with Gasteiger partial charge in [0.1, 0.15) is 12.3 Å². The van der Waals surface area contributed by atoms with E-state index in [1.807, 2.05) is 45.2 Å². The molecule has 21 heavy (non-hydrogen) atoms. The molecule has 0 aliphatic carbocycles. The minimum atomic E-state index is -0.0457. The molecular weight excluding hydrogens is 288 g/mol. The number of amides is 1. The summed E-state index contributed by atoms with van der Waals surface area (Å²) in [5.74, 6) is 1.73. The highest BCUT2D eigenvalue weighted by Crippen LogP contribution is 2.19. The van der Waals surface area contributed by atoms with Crippen LogP contribution < -0.4 is 10.2 Å². The third-order valence-electron chi connectivity index (χ3n) is 3.19. The maximum Gasteiger partial charge on any atom is 0.279 e. The quantitative estimate of drug-likeness (QED) is 0.889. The van der Waals surface area contributed by atoms with E-state index < -0.39 is 0 Å². The van der Waals surface area contributed by atoms with Gasteiger partial charge in [0.25, 0.3) is 5.91 Å². The molecule has 112 valence electrons. The van der Waals surface area contributed by atoms with Gasteiger partial charge >= 0.3 is 0 Å². The molecule has 1 aromatic carbocycles. The van der Waals surface area contributed by atoms with E-state index in [1.54, 1.807) is 6.07 Å². The van der Waals surface area contributed by atoms with Crippen LogP contribution in [0.25, 0.3) is 0 Å². The zero-order chi connectivity index (χ0) is 15.4. The van der Waals surface area contributed by atoms with Gasteiger partial charge in [-0.3, -0.25) is 4.79 Å². The summed E-state index contributed by atoms with van der Waals surface area (Å²) >= 11 is 6.04. The van der Waals surface area contributed by atoms with Crippen LogP contribution in [0.3, 0.4) is 0 Å². The van der Waals surface area contributed by atoms with Crippen molar-refractivity contribution in [2.24, 2.45) is 0 Å². The van der Waals surface area contributed by atoms with Gasteiger partial charge in [0.15, 0.2) is 12.3 Å². The second-order valence-corrected chi connectivity index (χ2v) is 5.74. The Morgan fingerprint density at radius 1 is 1.29 bits per heavy atom.